The molecule has 1 atom stereocenters. The topological polar surface area (TPSA) is 67.9 Å². The molecule has 1 saturated heterocycles. The summed E-state index contributed by atoms with van der Waals surface area (Å²) in [6, 6.07) is 12.8. The highest BCUT2D eigenvalue weighted by atomic mass is 16.5. The first-order valence-corrected chi connectivity index (χ1v) is 8.90. The lowest BCUT2D eigenvalue weighted by Crippen LogP contribution is -2.39. The van der Waals surface area contributed by atoms with Crippen LogP contribution in [0.1, 0.15) is 17.5 Å². The molecule has 1 N–H and O–H groups in total. The van der Waals surface area contributed by atoms with E-state index in [-0.39, 0.29) is 30.9 Å². The summed E-state index contributed by atoms with van der Waals surface area (Å²) in [4.78, 5) is 26.2. The lowest BCUT2D eigenvalue weighted by molar-refractivity contribution is -0.123. The van der Waals surface area contributed by atoms with E-state index >= 15 is 0 Å². The van der Waals surface area contributed by atoms with E-state index in [4.69, 9.17) is 9.47 Å². The van der Waals surface area contributed by atoms with E-state index in [1.165, 1.54) is 5.56 Å². The molecule has 0 aliphatic carbocycles. The lowest BCUT2D eigenvalue weighted by Gasteiger charge is -2.18. The summed E-state index contributed by atoms with van der Waals surface area (Å²) in [6.45, 7) is 4.42. The summed E-state index contributed by atoms with van der Waals surface area (Å²) in [7, 11) is 1.57. The molecule has 0 unspecified atom stereocenters. The minimum Gasteiger partial charge on any atom is -0.497 e. The van der Waals surface area contributed by atoms with Crippen molar-refractivity contribution in [3.05, 3.63) is 53.6 Å². The molecule has 0 aromatic heterocycles. The van der Waals surface area contributed by atoms with Gasteiger partial charge in [0.2, 0.25) is 5.91 Å². The lowest BCUT2D eigenvalue weighted by atomic mass is 10.1. The minimum atomic E-state index is -0.252. The Labute approximate surface area is 159 Å². The first-order valence-electron chi connectivity index (χ1n) is 8.90. The molecule has 2 amide bonds. The minimum absolute atomic E-state index is 0.0114. The molecule has 2 aromatic carbocycles. The van der Waals surface area contributed by atoms with Crippen molar-refractivity contribution >= 4 is 17.5 Å². The van der Waals surface area contributed by atoms with Gasteiger partial charge in [-0.25, -0.2) is 0 Å². The second kappa shape index (κ2) is 8.12. The van der Waals surface area contributed by atoms with Crippen molar-refractivity contribution < 1.29 is 19.1 Å². The quantitative estimate of drug-likeness (QED) is 0.851. The van der Waals surface area contributed by atoms with Crippen molar-refractivity contribution in [2.45, 2.75) is 26.3 Å². The van der Waals surface area contributed by atoms with Gasteiger partial charge in [0, 0.05) is 24.7 Å². The smallest absolute Gasteiger partial charge is 0.258 e. The van der Waals surface area contributed by atoms with Gasteiger partial charge in [0.15, 0.2) is 6.61 Å². The zero-order chi connectivity index (χ0) is 19.4. The van der Waals surface area contributed by atoms with E-state index in [0.29, 0.717) is 18.0 Å². The predicted octanol–water partition coefficient (Wildman–Crippen LogP) is 2.61. The van der Waals surface area contributed by atoms with Gasteiger partial charge in [0.25, 0.3) is 5.91 Å². The van der Waals surface area contributed by atoms with Crippen LogP contribution >= 0.6 is 0 Å². The third-order valence-electron chi connectivity index (χ3n) is 4.70. The fraction of sp³-hybridized carbons (Fsp3) is 0.333. The normalized spacial score (nSPS) is 16.3. The second-order valence-electron chi connectivity index (χ2n) is 6.71. The summed E-state index contributed by atoms with van der Waals surface area (Å²) in [5, 5.41) is 2.88. The van der Waals surface area contributed by atoms with Crippen molar-refractivity contribution in [3.8, 4) is 11.5 Å². The van der Waals surface area contributed by atoms with Crippen molar-refractivity contribution in [2.24, 2.45) is 0 Å². The Balaban J connectivity index is 1.54. The summed E-state index contributed by atoms with van der Waals surface area (Å²) < 4.78 is 10.6. The third-order valence-corrected chi connectivity index (χ3v) is 4.70. The molecule has 6 heteroatoms. The largest absolute Gasteiger partial charge is 0.497 e. The van der Waals surface area contributed by atoms with E-state index in [9.17, 15) is 9.59 Å². The second-order valence-corrected chi connectivity index (χ2v) is 6.71. The molecule has 0 spiro atoms. The highest BCUT2D eigenvalue weighted by Crippen LogP contribution is 2.24. The molecule has 3 rings (SSSR count). The molecular formula is C21H24N2O4. The number of hydrogen-bond acceptors (Lipinski definition) is 4. The monoisotopic (exact) mass is 368 g/mol. The predicted molar refractivity (Wildman–Crippen MR) is 103 cm³/mol. The SMILES string of the molecule is COc1cccc(OCC(=O)N[C@H]2CC(=O)N(c3ccc(C)c(C)c3)C2)c1. The maximum absolute atomic E-state index is 12.3. The number of carbonyl (C=O) groups is 2. The zero-order valence-corrected chi connectivity index (χ0v) is 15.8. The van der Waals surface area contributed by atoms with Crippen molar-refractivity contribution in [1.82, 2.24) is 5.32 Å². The molecule has 0 radical (unpaired) electrons. The molecule has 0 bridgehead atoms. The van der Waals surface area contributed by atoms with Gasteiger partial charge in [0.05, 0.1) is 13.2 Å². The summed E-state index contributed by atoms with van der Waals surface area (Å²) in [5.74, 6) is 0.983. The van der Waals surface area contributed by atoms with Crippen molar-refractivity contribution in [1.29, 1.82) is 0 Å². The van der Waals surface area contributed by atoms with Crippen LogP contribution in [0.2, 0.25) is 0 Å². The fourth-order valence-corrected chi connectivity index (χ4v) is 3.06. The number of nitrogens with zero attached hydrogens (tertiary/aromatic N) is 1. The van der Waals surface area contributed by atoms with Crippen LogP contribution in [0.15, 0.2) is 42.5 Å². The fourth-order valence-electron chi connectivity index (χ4n) is 3.06. The Morgan fingerprint density at radius 1 is 1.15 bits per heavy atom. The van der Waals surface area contributed by atoms with Gasteiger partial charge in [-0.2, -0.15) is 0 Å². The molecular weight excluding hydrogens is 344 g/mol. The highest BCUT2D eigenvalue weighted by Gasteiger charge is 2.31. The van der Waals surface area contributed by atoms with Gasteiger partial charge < -0.3 is 19.7 Å². The standard InChI is InChI=1S/C21H24N2O4/c1-14-7-8-17(9-15(14)2)23-12-16(10-21(23)25)22-20(24)13-27-19-6-4-5-18(11-19)26-3/h4-9,11,16H,10,12-13H2,1-3H3,(H,22,24)/t16-/m0/s1. The van der Waals surface area contributed by atoms with Gasteiger partial charge in [-0.05, 0) is 49.2 Å². The number of nitrogens with one attached hydrogen (secondary N) is 1. The molecule has 1 aliphatic rings. The van der Waals surface area contributed by atoms with Crippen molar-refractivity contribution in [2.75, 3.05) is 25.2 Å². The van der Waals surface area contributed by atoms with Crippen LogP contribution in [0.3, 0.4) is 0 Å². The number of methoxy groups -OCH3 is 1. The molecule has 1 heterocycles. The van der Waals surface area contributed by atoms with E-state index in [2.05, 4.69) is 5.32 Å². The molecule has 2 aromatic rings. The van der Waals surface area contributed by atoms with E-state index in [1.54, 1.807) is 36.3 Å². The van der Waals surface area contributed by atoms with E-state index in [1.807, 2.05) is 32.0 Å². The molecule has 1 fully saturated rings. The molecule has 27 heavy (non-hydrogen) atoms. The third kappa shape index (κ3) is 4.58. The molecule has 142 valence electrons. The zero-order valence-electron chi connectivity index (χ0n) is 15.8. The van der Waals surface area contributed by atoms with E-state index < -0.39 is 0 Å². The van der Waals surface area contributed by atoms with Gasteiger partial charge >= 0.3 is 0 Å². The van der Waals surface area contributed by atoms with Gasteiger partial charge in [-0.1, -0.05) is 12.1 Å². The molecule has 1 aliphatic heterocycles. The average Bonchev–Trinajstić information content (AvgIpc) is 3.02. The summed E-state index contributed by atoms with van der Waals surface area (Å²) in [5.41, 5.74) is 3.19. The maximum atomic E-state index is 12.3. The Hall–Kier alpha value is -3.02. The Bertz CT molecular complexity index is 850. The Morgan fingerprint density at radius 3 is 2.67 bits per heavy atom. The van der Waals surface area contributed by atoms with Crippen LogP contribution < -0.4 is 19.7 Å². The Morgan fingerprint density at radius 2 is 1.93 bits per heavy atom. The van der Waals surface area contributed by atoms with Gasteiger partial charge in [-0.15, -0.1) is 0 Å². The average molecular weight is 368 g/mol. The number of amides is 2. The van der Waals surface area contributed by atoms with Crippen LogP contribution in [0.25, 0.3) is 0 Å². The number of aryl methyl sites for hydroxylation is 2. The molecule has 6 nitrogen and oxygen atoms in total. The number of rotatable bonds is 6. The first-order chi connectivity index (χ1) is 13.0. The van der Waals surface area contributed by atoms with Crippen LogP contribution in [0, 0.1) is 13.8 Å². The van der Waals surface area contributed by atoms with Crippen LogP contribution in [0.4, 0.5) is 5.69 Å². The highest BCUT2D eigenvalue weighted by molar-refractivity contribution is 5.97. The number of hydrogen-bond donors (Lipinski definition) is 1. The van der Waals surface area contributed by atoms with Crippen LogP contribution in [-0.2, 0) is 9.59 Å². The number of anilines is 1. The number of benzene rings is 2. The van der Waals surface area contributed by atoms with Gasteiger partial charge in [0.1, 0.15) is 11.5 Å². The Kier molecular flexibility index (Phi) is 5.64. The molecule has 0 saturated carbocycles. The maximum Gasteiger partial charge on any atom is 0.258 e. The number of ether oxygens (including phenoxy) is 2. The number of carbonyl (C=O) groups excluding carboxylic acids is 2. The van der Waals surface area contributed by atoms with Gasteiger partial charge in [-0.3, -0.25) is 9.59 Å². The van der Waals surface area contributed by atoms with Crippen LogP contribution in [0.5, 0.6) is 11.5 Å². The van der Waals surface area contributed by atoms with Crippen molar-refractivity contribution in [3.63, 3.8) is 0 Å². The van der Waals surface area contributed by atoms with E-state index in [0.717, 1.165) is 11.3 Å². The summed E-state index contributed by atoms with van der Waals surface area (Å²) >= 11 is 0. The first kappa shape index (κ1) is 18.8. The summed E-state index contributed by atoms with van der Waals surface area (Å²) in [6.07, 6.45) is 0.290. The van der Waals surface area contributed by atoms with Crippen LogP contribution in [-0.4, -0.2) is 38.1 Å².